The molecule has 2 atom stereocenters. The van der Waals surface area contributed by atoms with Gasteiger partial charge in [-0.2, -0.15) is 0 Å². The molecule has 1 N–H and O–H groups in total. The van der Waals surface area contributed by atoms with E-state index in [2.05, 4.69) is 5.32 Å². The van der Waals surface area contributed by atoms with E-state index in [1.165, 1.54) is 12.8 Å². The van der Waals surface area contributed by atoms with Gasteiger partial charge in [0.25, 0.3) is 0 Å². The first kappa shape index (κ1) is 13.8. The Bertz CT molecular complexity index is 240. The molecule has 0 aromatic heterocycles. The molecule has 0 radical (unpaired) electrons. The Hall–Kier alpha value is -0.240. The van der Waals surface area contributed by atoms with Crippen LogP contribution in [-0.2, 0) is 4.79 Å². The molecule has 16 heavy (non-hydrogen) atoms. The molecule has 94 valence electrons. The molecule has 0 spiro atoms. The van der Waals surface area contributed by atoms with Crippen molar-refractivity contribution in [3.8, 4) is 0 Å². The van der Waals surface area contributed by atoms with Crippen molar-refractivity contribution in [2.24, 2.45) is 11.3 Å². The van der Waals surface area contributed by atoms with E-state index in [1.54, 1.807) is 0 Å². The molecule has 0 aromatic rings. The summed E-state index contributed by atoms with van der Waals surface area (Å²) in [6, 6.07) is 0. The topological polar surface area (TPSA) is 29.1 Å². The van der Waals surface area contributed by atoms with Crippen molar-refractivity contribution in [1.29, 1.82) is 0 Å². The Morgan fingerprint density at radius 1 is 1.38 bits per heavy atom. The highest BCUT2D eigenvalue weighted by Gasteiger charge is 2.28. The summed E-state index contributed by atoms with van der Waals surface area (Å²) in [6.07, 6.45) is 5.61. The monoisotopic (exact) mass is 245 g/mol. The van der Waals surface area contributed by atoms with Crippen molar-refractivity contribution >= 4 is 17.5 Å². The van der Waals surface area contributed by atoms with Crippen LogP contribution in [0.15, 0.2) is 0 Å². The van der Waals surface area contributed by atoms with Crippen LogP contribution in [-0.4, -0.2) is 17.8 Å². The summed E-state index contributed by atoms with van der Waals surface area (Å²) in [7, 11) is 0. The lowest BCUT2D eigenvalue weighted by Crippen LogP contribution is -2.41. The van der Waals surface area contributed by atoms with Gasteiger partial charge in [-0.05, 0) is 25.2 Å². The second-order valence-electron chi connectivity index (χ2n) is 5.51. The van der Waals surface area contributed by atoms with Gasteiger partial charge in [-0.3, -0.25) is 4.79 Å². The second kappa shape index (κ2) is 5.90. The van der Waals surface area contributed by atoms with Crippen molar-refractivity contribution in [1.82, 2.24) is 5.32 Å². The molecule has 0 aliphatic heterocycles. The fourth-order valence-electron chi connectivity index (χ4n) is 2.02. The van der Waals surface area contributed by atoms with Crippen molar-refractivity contribution in [2.75, 3.05) is 6.54 Å². The number of nitrogens with one attached hydrogen (secondary N) is 1. The minimum absolute atomic E-state index is 0.157. The van der Waals surface area contributed by atoms with E-state index in [-0.39, 0.29) is 16.7 Å². The van der Waals surface area contributed by atoms with Crippen LogP contribution in [0.1, 0.15) is 52.9 Å². The summed E-state index contributed by atoms with van der Waals surface area (Å²) in [5.74, 6) is 0.622. The van der Waals surface area contributed by atoms with E-state index in [1.807, 2.05) is 20.8 Å². The van der Waals surface area contributed by atoms with Gasteiger partial charge in [-0.15, -0.1) is 11.6 Å². The normalized spacial score (nSPS) is 26.5. The molecule has 1 saturated carbocycles. The molecule has 0 heterocycles. The average molecular weight is 246 g/mol. The molecular formula is C13H24ClNO. The maximum absolute atomic E-state index is 11.9. The van der Waals surface area contributed by atoms with Crippen LogP contribution in [0.5, 0.6) is 0 Å². The summed E-state index contributed by atoms with van der Waals surface area (Å²) < 4.78 is 0. The summed E-state index contributed by atoms with van der Waals surface area (Å²) in [4.78, 5) is 11.9. The standard InChI is InChI=1S/C13H24ClNO/c1-4-13(2,3)12(16)15-9-10-7-5-6-8-11(10)14/h10-11H,4-9H2,1-3H3,(H,15,16). The number of rotatable bonds is 4. The fourth-order valence-corrected chi connectivity index (χ4v) is 2.39. The third-order valence-corrected chi connectivity index (χ3v) is 4.41. The zero-order chi connectivity index (χ0) is 12.2. The molecule has 0 saturated heterocycles. The number of amides is 1. The molecule has 1 fully saturated rings. The molecule has 3 heteroatoms. The number of carbonyl (C=O) groups is 1. The predicted molar refractivity (Wildman–Crippen MR) is 68.7 cm³/mol. The molecule has 2 unspecified atom stereocenters. The lowest BCUT2D eigenvalue weighted by Gasteiger charge is -2.29. The van der Waals surface area contributed by atoms with Gasteiger partial charge in [0, 0.05) is 17.3 Å². The van der Waals surface area contributed by atoms with Crippen LogP contribution in [0.25, 0.3) is 0 Å². The van der Waals surface area contributed by atoms with Crippen molar-refractivity contribution in [3.63, 3.8) is 0 Å². The van der Waals surface area contributed by atoms with E-state index < -0.39 is 0 Å². The first-order valence-electron chi connectivity index (χ1n) is 6.39. The third-order valence-electron chi connectivity index (χ3n) is 3.84. The van der Waals surface area contributed by atoms with Gasteiger partial charge < -0.3 is 5.32 Å². The minimum Gasteiger partial charge on any atom is -0.355 e. The summed E-state index contributed by atoms with van der Waals surface area (Å²) >= 11 is 6.26. The first-order chi connectivity index (χ1) is 7.47. The molecule has 2 nitrogen and oxygen atoms in total. The Morgan fingerprint density at radius 2 is 2.00 bits per heavy atom. The van der Waals surface area contributed by atoms with Gasteiger partial charge in [0.15, 0.2) is 0 Å². The largest absolute Gasteiger partial charge is 0.355 e. The summed E-state index contributed by atoms with van der Waals surface area (Å²) in [5.41, 5.74) is -0.253. The molecule has 1 amide bonds. The Morgan fingerprint density at radius 3 is 2.56 bits per heavy atom. The van der Waals surface area contributed by atoms with E-state index in [0.717, 1.165) is 25.8 Å². The number of carbonyl (C=O) groups excluding carboxylic acids is 1. The average Bonchev–Trinajstić information content (AvgIpc) is 2.27. The van der Waals surface area contributed by atoms with Crippen LogP contribution < -0.4 is 5.32 Å². The second-order valence-corrected chi connectivity index (χ2v) is 6.07. The van der Waals surface area contributed by atoms with Gasteiger partial charge in [0.1, 0.15) is 0 Å². The summed E-state index contributed by atoms with van der Waals surface area (Å²) in [5, 5.41) is 3.30. The van der Waals surface area contributed by atoms with E-state index >= 15 is 0 Å². The van der Waals surface area contributed by atoms with Gasteiger partial charge in [0.2, 0.25) is 5.91 Å². The van der Waals surface area contributed by atoms with Gasteiger partial charge >= 0.3 is 0 Å². The van der Waals surface area contributed by atoms with Crippen molar-refractivity contribution < 1.29 is 4.79 Å². The Balaban J connectivity index is 2.36. The molecule has 1 aliphatic rings. The van der Waals surface area contributed by atoms with Crippen molar-refractivity contribution in [2.45, 2.75) is 58.3 Å². The van der Waals surface area contributed by atoms with Crippen LogP contribution in [0.3, 0.4) is 0 Å². The van der Waals surface area contributed by atoms with Crippen LogP contribution in [0.2, 0.25) is 0 Å². The predicted octanol–water partition coefficient (Wildman–Crippen LogP) is 3.34. The van der Waals surface area contributed by atoms with Gasteiger partial charge in [-0.1, -0.05) is 33.6 Å². The summed E-state index contributed by atoms with van der Waals surface area (Å²) in [6.45, 7) is 6.77. The number of halogens is 1. The van der Waals surface area contributed by atoms with Crippen molar-refractivity contribution in [3.05, 3.63) is 0 Å². The molecule has 0 aromatic carbocycles. The highest BCUT2D eigenvalue weighted by atomic mass is 35.5. The Labute approximate surface area is 104 Å². The molecule has 1 rings (SSSR count). The highest BCUT2D eigenvalue weighted by Crippen LogP contribution is 2.28. The SMILES string of the molecule is CCC(C)(C)C(=O)NCC1CCCCC1Cl. The van der Waals surface area contributed by atoms with Crippen LogP contribution in [0, 0.1) is 11.3 Å². The lowest BCUT2D eigenvalue weighted by molar-refractivity contribution is -0.129. The van der Waals surface area contributed by atoms with E-state index in [9.17, 15) is 4.79 Å². The third kappa shape index (κ3) is 3.65. The Kier molecular flexibility index (Phi) is 5.10. The van der Waals surface area contributed by atoms with Crippen LogP contribution in [0.4, 0.5) is 0 Å². The van der Waals surface area contributed by atoms with Crippen LogP contribution >= 0.6 is 11.6 Å². The lowest BCUT2D eigenvalue weighted by atomic mass is 9.87. The zero-order valence-electron chi connectivity index (χ0n) is 10.7. The van der Waals surface area contributed by atoms with E-state index in [0.29, 0.717) is 5.92 Å². The quantitative estimate of drug-likeness (QED) is 0.757. The van der Waals surface area contributed by atoms with E-state index in [4.69, 9.17) is 11.6 Å². The maximum atomic E-state index is 11.9. The highest BCUT2D eigenvalue weighted by molar-refractivity contribution is 6.20. The number of hydrogen-bond acceptors (Lipinski definition) is 1. The fraction of sp³-hybridized carbons (Fsp3) is 0.923. The first-order valence-corrected chi connectivity index (χ1v) is 6.83. The molecular weight excluding hydrogens is 222 g/mol. The molecule has 1 aliphatic carbocycles. The number of alkyl halides is 1. The number of hydrogen-bond donors (Lipinski definition) is 1. The smallest absolute Gasteiger partial charge is 0.225 e. The maximum Gasteiger partial charge on any atom is 0.225 e. The minimum atomic E-state index is -0.253. The zero-order valence-corrected chi connectivity index (χ0v) is 11.4. The van der Waals surface area contributed by atoms with Gasteiger partial charge in [0.05, 0.1) is 0 Å². The molecule has 0 bridgehead atoms. The van der Waals surface area contributed by atoms with Gasteiger partial charge in [-0.25, -0.2) is 0 Å².